The van der Waals surface area contributed by atoms with E-state index >= 15 is 0 Å². The van der Waals surface area contributed by atoms with E-state index in [0.29, 0.717) is 22.8 Å². The highest BCUT2D eigenvalue weighted by molar-refractivity contribution is 8.00. The van der Waals surface area contributed by atoms with Crippen molar-refractivity contribution in [3.8, 4) is 0 Å². The molecule has 3 rings (SSSR count). The lowest BCUT2D eigenvalue weighted by Crippen LogP contribution is -2.25. The van der Waals surface area contributed by atoms with E-state index < -0.39 is 4.92 Å². The van der Waals surface area contributed by atoms with Crippen LogP contribution in [0.5, 0.6) is 0 Å². The summed E-state index contributed by atoms with van der Waals surface area (Å²) in [5.41, 5.74) is 2.91. The Hall–Kier alpha value is -3.43. The number of benzene rings is 3. The molecule has 0 saturated heterocycles. The molecule has 0 bridgehead atoms. The number of carbonyl (C=O) groups is 1. The van der Waals surface area contributed by atoms with Gasteiger partial charge in [-0.3, -0.25) is 14.9 Å². The summed E-state index contributed by atoms with van der Waals surface area (Å²) < 4.78 is 0. The van der Waals surface area contributed by atoms with Gasteiger partial charge in [0, 0.05) is 34.1 Å². The molecule has 1 amide bonds. The van der Waals surface area contributed by atoms with Crippen molar-refractivity contribution in [1.29, 1.82) is 0 Å². The molecular formula is C24H24N4O3S2. The number of hydrogen-bond acceptors (Lipinski definition) is 5. The number of nitrogens with zero attached hydrogens (tertiary/aromatic N) is 1. The Morgan fingerprint density at radius 2 is 1.70 bits per heavy atom. The molecule has 3 N–H and O–H groups in total. The number of hydrogen-bond donors (Lipinski definition) is 3. The Morgan fingerprint density at radius 3 is 2.36 bits per heavy atom. The predicted octanol–water partition coefficient (Wildman–Crippen LogP) is 6.22. The summed E-state index contributed by atoms with van der Waals surface area (Å²) in [6.45, 7) is 3.68. The van der Waals surface area contributed by atoms with Crippen LogP contribution in [0.3, 0.4) is 0 Å². The van der Waals surface area contributed by atoms with Crippen LogP contribution in [0.15, 0.2) is 77.7 Å². The number of thiocarbonyl (C=S) groups is 1. The fourth-order valence-corrected chi connectivity index (χ4v) is 4.31. The van der Waals surface area contributed by atoms with Crippen LogP contribution >= 0.6 is 24.0 Å². The summed E-state index contributed by atoms with van der Waals surface area (Å²) >= 11 is 6.84. The quantitative estimate of drug-likeness (QED) is 0.152. The van der Waals surface area contributed by atoms with Crippen LogP contribution in [-0.4, -0.2) is 21.2 Å². The second kappa shape index (κ2) is 11.4. The van der Waals surface area contributed by atoms with E-state index in [1.54, 1.807) is 13.0 Å². The largest absolute Gasteiger partial charge is 0.332 e. The molecule has 3 aromatic rings. The summed E-state index contributed by atoms with van der Waals surface area (Å²) in [5, 5.41) is 20.3. The summed E-state index contributed by atoms with van der Waals surface area (Å²) in [5.74, 6) is -0.154. The van der Waals surface area contributed by atoms with Crippen molar-refractivity contribution in [3.05, 3.63) is 88.5 Å². The number of aryl methyl sites for hydroxylation is 1. The number of nitro groups is 1. The van der Waals surface area contributed by atoms with Crippen LogP contribution in [0, 0.1) is 17.0 Å². The minimum absolute atomic E-state index is 0.00380. The zero-order chi connectivity index (χ0) is 23.8. The number of carbonyl (C=O) groups excluding carboxylic acids is 1. The van der Waals surface area contributed by atoms with E-state index in [-0.39, 0.29) is 16.8 Å². The monoisotopic (exact) mass is 480 g/mol. The Bertz CT molecular complexity index is 1160. The zero-order valence-electron chi connectivity index (χ0n) is 18.2. The Morgan fingerprint density at radius 1 is 1.00 bits per heavy atom. The fourth-order valence-electron chi connectivity index (χ4n) is 3.06. The van der Waals surface area contributed by atoms with Crippen molar-refractivity contribution in [3.63, 3.8) is 0 Å². The van der Waals surface area contributed by atoms with Crippen molar-refractivity contribution in [2.45, 2.75) is 30.4 Å². The first-order valence-corrected chi connectivity index (χ1v) is 11.6. The standard InChI is InChI=1S/C24H24N4O3S2/c1-3-22(23(29)27-21-13-12-19(28(30)31)14-16(21)2)33-20-11-7-10-18(15-20)26-24(32)25-17-8-5-4-6-9-17/h4-15,22H,3H2,1-2H3,(H,27,29)(H2,25,26,32). The highest BCUT2D eigenvalue weighted by Crippen LogP contribution is 2.29. The maximum absolute atomic E-state index is 12.9. The van der Waals surface area contributed by atoms with Crippen molar-refractivity contribution in [2.75, 3.05) is 16.0 Å². The number of amides is 1. The minimum Gasteiger partial charge on any atom is -0.332 e. The number of thioether (sulfide) groups is 1. The third-order valence-electron chi connectivity index (χ3n) is 4.74. The second-order valence-electron chi connectivity index (χ2n) is 7.23. The predicted molar refractivity (Wildman–Crippen MR) is 139 cm³/mol. The molecule has 0 radical (unpaired) electrons. The lowest BCUT2D eigenvalue weighted by Gasteiger charge is -2.17. The Labute approximate surface area is 202 Å². The van der Waals surface area contributed by atoms with Crippen molar-refractivity contribution >= 4 is 57.7 Å². The van der Waals surface area contributed by atoms with E-state index in [9.17, 15) is 14.9 Å². The normalized spacial score (nSPS) is 11.3. The molecule has 7 nitrogen and oxygen atoms in total. The first-order valence-electron chi connectivity index (χ1n) is 10.3. The van der Waals surface area contributed by atoms with Crippen molar-refractivity contribution < 1.29 is 9.72 Å². The average molecular weight is 481 g/mol. The molecule has 0 aliphatic carbocycles. The molecule has 0 aliphatic heterocycles. The van der Waals surface area contributed by atoms with Gasteiger partial charge in [-0.05, 0) is 67.5 Å². The number of nitrogens with one attached hydrogen (secondary N) is 3. The van der Waals surface area contributed by atoms with Crippen LogP contribution in [0.2, 0.25) is 0 Å². The molecule has 0 saturated carbocycles. The van der Waals surface area contributed by atoms with Gasteiger partial charge in [-0.15, -0.1) is 11.8 Å². The first-order chi connectivity index (χ1) is 15.9. The molecule has 0 spiro atoms. The van der Waals surface area contributed by atoms with Crippen LogP contribution < -0.4 is 16.0 Å². The minimum atomic E-state index is -0.453. The average Bonchev–Trinajstić information content (AvgIpc) is 2.79. The molecule has 3 aromatic carbocycles. The lowest BCUT2D eigenvalue weighted by atomic mass is 10.1. The maximum Gasteiger partial charge on any atom is 0.269 e. The molecule has 170 valence electrons. The van der Waals surface area contributed by atoms with E-state index in [0.717, 1.165) is 16.3 Å². The van der Waals surface area contributed by atoms with Crippen molar-refractivity contribution in [1.82, 2.24) is 0 Å². The highest BCUT2D eigenvalue weighted by Gasteiger charge is 2.19. The lowest BCUT2D eigenvalue weighted by molar-refractivity contribution is -0.384. The second-order valence-corrected chi connectivity index (χ2v) is 8.92. The summed E-state index contributed by atoms with van der Waals surface area (Å²) in [4.78, 5) is 24.3. The fraction of sp³-hybridized carbons (Fsp3) is 0.167. The molecule has 0 heterocycles. The van der Waals surface area contributed by atoms with E-state index in [2.05, 4.69) is 16.0 Å². The van der Waals surface area contributed by atoms with Gasteiger partial charge in [0.1, 0.15) is 0 Å². The summed E-state index contributed by atoms with van der Waals surface area (Å²) in [6, 6.07) is 21.7. The number of rotatable bonds is 8. The topological polar surface area (TPSA) is 96.3 Å². The summed E-state index contributed by atoms with van der Waals surface area (Å²) in [6.07, 6.45) is 0.619. The molecule has 9 heteroatoms. The number of anilines is 3. The third-order valence-corrected chi connectivity index (χ3v) is 6.31. The van der Waals surface area contributed by atoms with Gasteiger partial charge in [-0.25, -0.2) is 0 Å². The van der Waals surface area contributed by atoms with Gasteiger partial charge in [0.25, 0.3) is 5.69 Å². The van der Waals surface area contributed by atoms with Crippen LogP contribution in [0.1, 0.15) is 18.9 Å². The molecule has 0 aromatic heterocycles. The SMILES string of the molecule is CCC(Sc1cccc(NC(=S)Nc2ccccc2)c1)C(=O)Nc1ccc([N+](=O)[O-])cc1C. The molecular weight excluding hydrogens is 456 g/mol. The van der Waals surface area contributed by atoms with Crippen LogP contribution in [0.4, 0.5) is 22.7 Å². The van der Waals surface area contributed by atoms with E-state index in [1.807, 2.05) is 61.5 Å². The van der Waals surface area contributed by atoms with E-state index in [1.165, 1.54) is 23.9 Å². The molecule has 1 unspecified atom stereocenters. The first kappa shape index (κ1) is 24.2. The number of non-ortho nitro benzene ring substituents is 1. The molecule has 33 heavy (non-hydrogen) atoms. The molecule has 0 fully saturated rings. The smallest absolute Gasteiger partial charge is 0.269 e. The van der Waals surface area contributed by atoms with Crippen LogP contribution in [-0.2, 0) is 4.79 Å². The van der Waals surface area contributed by atoms with Gasteiger partial charge in [0.05, 0.1) is 10.2 Å². The van der Waals surface area contributed by atoms with Gasteiger partial charge < -0.3 is 16.0 Å². The van der Waals surface area contributed by atoms with Gasteiger partial charge in [-0.1, -0.05) is 31.2 Å². The van der Waals surface area contributed by atoms with Gasteiger partial charge in [0.15, 0.2) is 5.11 Å². The van der Waals surface area contributed by atoms with Gasteiger partial charge in [-0.2, -0.15) is 0 Å². The van der Waals surface area contributed by atoms with Gasteiger partial charge >= 0.3 is 0 Å². The van der Waals surface area contributed by atoms with E-state index in [4.69, 9.17) is 12.2 Å². The maximum atomic E-state index is 12.9. The molecule has 1 atom stereocenters. The van der Waals surface area contributed by atoms with Gasteiger partial charge in [0.2, 0.25) is 5.91 Å². The Kier molecular flexibility index (Phi) is 8.39. The highest BCUT2D eigenvalue weighted by atomic mass is 32.2. The Balaban J connectivity index is 1.63. The number of nitro benzene ring substituents is 1. The third kappa shape index (κ3) is 7.03. The summed E-state index contributed by atoms with van der Waals surface area (Å²) in [7, 11) is 0. The van der Waals surface area contributed by atoms with Crippen LogP contribution in [0.25, 0.3) is 0 Å². The van der Waals surface area contributed by atoms with Crippen molar-refractivity contribution in [2.24, 2.45) is 0 Å². The number of para-hydroxylation sites is 1. The zero-order valence-corrected chi connectivity index (χ0v) is 19.8. The molecule has 0 aliphatic rings.